The number of nitrogens with zero attached hydrogens (tertiary/aromatic N) is 2. The highest BCUT2D eigenvalue weighted by Gasteiger charge is 2.10. The van der Waals surface area contributed by atoms with Gasteiger partial charge in [-0.3, -0.25) is 0 Å². The maximum atomic E-state index is 13.6. The number of para-hydroxylation sites is 1. The number of aliphatic imine (C=N–C) groups is 1. The molecule has 0 fully saturated rings. The molecule has 26 heavy (non-hydrogen) atoms. The Morgan fingerprint density at radius 3 is 2.73 bits per heavy atom. The molecule has 142 valence electrons. The minimum absolute atomic E-state index is 0.242. The highest BCUT2D eigenvalue weighted by Crippen LogP contribution is 2.17. The molecule has 1 aromatic carbocycles. The van der Waals surface area contributed by atoms with Crippen molar-refractivity contribution < 1.29 is 13.7 Å². The minimum Gasteiger partial charge on any atom is -0.486 e. The lowest BCUT2D eigenvalue weighted by atomic mass is 10.1. The van der Waals surface area contributed by atoms with Crippen molar-refractivity contribution >= 4 is 5.96 Å². The van der Waals surface area contributed by atoms with Crippen LogP contribution < -0.4 is 15.4 Å². The lowest BCUT2D eigenvalue weighted by Crippen LogP contribution is -2.39. The van der Waals surface area contributed by atoms with E-state index in [1.807, 2.05) is 27.7 Å². The molecule has 2 N–H and O–H groups in total. The van der Waals surface area contributed by atoms with Crippen molar-refractivity contribution in [2.24, 2.45) is 4.99 Å². The van der Waals surface area contributed by atoms with Gasteiger partial charge in [-0.1, -0.05) is 17.3 Å². The molecule has 7 heteroatoms. The van der Waals surface area contributed by atoms with Crippen molar-refractivity contribution in [3.05, 3.63) is 47.1 Å². The second-order valence-electron chi connectivity index (χ2n) is 6.06. The van der Waals surface area contributed by atoms with Crippen molar-refractivity contribution in [2.45, 2.75) is 40.2 Å². The Kier molecular flexibility index (Phi) is 7.44. The normalized spacial score (nSPS) is 12.7. The summed E-state index contributed by atoms with van der Waals surface area (Å²) in [6.45, 7) is 9.59. The highest BCUT2D eigenvalue weighted by molar-refractivity contribution is 5.79. The third kappa shape index (κ3) is 5.75. The Morgan fingerprint density at radius 2 is 2.08 bits per heavy atom. The summed E-state index contributed by atoms with van der Waals surface area (Å²) in [5, 5.41) is 10.4. The van der Waals surface area contributed by atoms with Crippen LogP contribution in [0, 0.1) is 19.7 Å². The summed E-state index contributed by atoms with van der Waals surface area (Å²) in [5.74, 6) is 1.42. The first-order chi connectivity index (χ1) is 12.5. The number of rotatable bonds is 8. The van der Waals surface area contributed by atoms with Crippen LogP contribution in [0.15, 0.2) is 33.8 Å². The molecule has 0 aliphatic heterocycles. The van der Waals surface area contributed by atoms with E-state index in [-0.39, 0.29) is 17.7 Å². The number of ether oxygens (including phenoxy) is 1. The maximum Gasteiger partial charge on any atom is 0.191 e. The molecule has 0 saturated carbocycles. The molecule has 1 unspecified atom stereocenters. The zero-order valence-corrected chi connectivity index (χ0v) is 15.8. The predicted molar refractivity (Wildman–Crippen MR) is 100 cm³/mol. The van der Waals surface area contributed by atoms with Gasteiger partial charge in [-0.05, 0) is 46.2 Å². The summed E-state index contributed by atoms with van der Waals surface area (Å²) in [7, 11) is 0. The fourth-order valence-corrected chi connectivity index (χ4v) is 2.52. The SMILES string of the molecule is CCNC(=NCC(C)Oc1ccccc1F)NCCc1c(C)noc1C. The molecular formula is C19H27FN4O2. The summed E-state index contributed by atoms with van der Waals surface area (Å²) in [6, 6.07) is 6.38. The van der Waals surface area contributed by atoms with Crippen LogP contribution in [0.1, 0.15) is 30.9 Å². The van der Waals surface area contributed by atoms with Gasteiger partial charge in [0.1, 0.15) is 11.9 Å². The first-order valence-electron chi connectivity index (χ1n) is 8.86. The zero-order valence-electron chi connectivity index (χ0n) is 15.8. The van der Waals surface area contributed by atoms with Crippen LogP contribution in [0.3, 0.4) is 0 Å². The van der Waals surface area contributed by atoms with Crippen LogP contribution in [-0.2, 0) is 6.42 Å². The van der Waals surface area contributed by atoms with E-state index >= 15 is 0 Å². The molecule has 0 saturated heterocycles. The van der Waals surface area contributed by atoms with Gasteiger partial charge < -0.3 is 19.9 Å². The van der Waals surface area contributed by atoms with E-state index in [2.05, 4.69) is 20.8 Å². The van der Waals surface area contributed by atoms with Gasteiger partial charge in [0.15, 0.2) is 17.5 Å². The molecular weight excluding hydrogens is 335 g/mol. The quantitative estimate of drug-likeness (QED) is 0.558. The van der Waals surface area contributed by atoms with Gasteiger partial charge in [0.25, 0.3) is 0 Å². The average molecular weight is 362 g/mol. The van der Waals surface area contributed by atoms with Gasteiger partial charge in [-0.25, -0.2) is 9.38 Å². The predicted octanol–water partition coefficient (Wildman–Crippen LogP) is 3.00. The number of aryl methyl sites for hydroxylation is 2. The first-order valence-corrected chi connectivity index (χ1v) is 8.86. The third-order valence-electron chi connectivity index (χ3n) is 3.86. The molecule has 0 amide bonds. The van der Waals surface area contributed by atoms with Gasteiger partial charge in [0.05, 0.1) is 12.2 Å². The Bertz CT molecular complexity index is 711. The van der Waals surface area contributed by atoms with Crippen LogP contribution in [0.2, 0.25) is 0 Å². The largest absolute Gasteiger partial charge is 0.486 e. The van der Waals surface area contributed by atoms with E-state index in [1.54, 1.807) is 18.2 Å². The second-order valence-corrected chi connectivity index (χ2v) is 6.06. The van der Waals surface area contributed by atoms with E-state index < -0.39 is 0 Å². The summed E-state index contributed by atoms with van der Waals surface area (Å²) < 4.78 is 24.4. The van der Waals surface area contributed by atoms with Crippen molar-refractivity contribution in [3.8, 4) is 5.75 Å². The molecule has 1 heterocycles. The van der Waals surface area contributed by atoms with E-state index in [1.165, 1.54) is 6.07 Å². The Labute approximate surface area is 153 Å². The summed E-state index contributed by atoms with van der Waals surface area (Å²) in [4.78, 5) is 4.51. The van der Waals surface area contributed by atoms with Crippen molar-refractivity contribution in [1.82, 2.24) is 15.8 Å². The fourth-order valence-electron chi connectivity index (χ4n) is 2.52. The number of hydrogen-bond acceptors (Lipinski definition) is 4. The Morgan fingerprint density at radius 1 is 1.31 bits per heavy atom. The molecule has 1 atom stereocenters. The molecule has 0 spiro atoms. The van der Waals surface area contributed by atoms with Gasteiger partial charge >= 0.3 is 0 Å². The molecule has 2 rings (SSSR count). The van der Waals surface area contributed by atoms with Crippen molar-refractivity contribution in [1.29, 1.82) is 0 Å². The number of hydrogen-bond donors (Lipinski definition) is 2. The summed E-state index contributed by atoms with van der Waals surface area (Å²) in [5.41, 5.74) is 2.03. The topological polar surface area (TPSA) is 71.7 Å². The second kappa shape index (κ2) is 9.79. The Hall–Kier alpha value is -2.57. The van der Waals surface area contributed by atoms with Crippen molar-refractivity contribution in [3.63, 3.8) is 0 Å². The van der Waals surface area contributed by atoms with Crippen LogP contribution in [0.4, 0.5) is 4.39 Å². The van der Waals surface area contributed by atoms with Gasteiger partial charge in [0, 0.05) is 18.7 Å². The number of aromatic nitrogens is 1. The van der Waals surface area contributed by atoms with Crippen LogP contribution in [0.25, 0.3) is 0 Å². The molecule has 0 aliphatic carbocycles. The summed E-state index contributed by atoms with van der Waals surface area (Å²) >= 11 is 0. The van der Waals surface area contributed by atoms with Gasteiger partial charge in [0.2, 0.25) is 0 Å². The molecule has 0 bridgehead atoms. The lowest BCUT2D eigenvalue weighted by Gasteiger charge is -2.15. The smallest absolute Gasteiger partial charge is 0.191 e. The molecule has 0 aliphatic rings. The third-order valence-corrected chi connectivity index (χ3v) is 3.86. The van der Waals surface area contributed by atoms with Crippen LogP contribution in [0.5, 0.6) is 5.75 Å². The van der Waals surface area contributed by atoms with Gasteiger partial charge in [-0.2, -0.15) is 0 Å². The number of nitrogens with one attached hydrogen (secondary N) is 2. The monoisotopic (exact) mass is 362 g/mol. The van der Waals surface area contributed by atoms with E-state index in [9.17, 15) is 4.39 Å². The van der Waals surface area contributed by atoms with Crippen LogP contribution >= 0.6 is 0 Å². The molecule has 0 radical (unpaired) electrons. The molecule has 2 aromatic rings. The lowest BCUT2D eigenvalue weighted by molar-refractivity contribution is 0.220. The number of halogens is 1. The van der Waals surface area contributed by atoms with Crippen molar-refractivity contribution in [2.75, 3.05) is 19.6 Å². The van der Waals surface area contributed by atoms with E-state index in [4.69, 9.17) is 9.26 Å². The molecule has 1 aromatic heterocycles. The van der Waals surface area contributed by atoms with E-state index in [0.29, 0.717) is 19.0 Å². The maximum absolute atomic E-state index is 13.6. The highest BCUT2D eigenvalue weighted by atomic mass is 19.1. The average Bonchev–Trinajstić information content (AvgIpc) is 2.93. The summed E-state index contributed by atoms with van der Waals surface area (Å²) in [6.07, 6.45) is 0.553. The minimum atomic E-state index is -0.368. The van der Waals surface area contributed by atoms with Gasteiger partial charge in [-0.15, -0.1) is 0 Å². The standard InChI is InChI=1S/C19H27FN4O2/c1-5-21-19(22-11-10-16-14(3)24-26-15(16)4)23-12-13(2)25-18-9-7-6-8-17(18)20/h6-9,13H,5,10-12H2,1-4H3,(H2,21,22,23). The Balaban J connectivity index is 1.86. The number of guanidine groups is 1. The molecule has 6 nitrogen and oxygen atoms in total. The number of benzene rings is 1. The first kappa shape index (κ1) is 19.8. The zero-order chi connectivity index (χ0) is 18.9. The van der Waals surface area contributed by atoms with E-state index in [0.717, 1.165) is 30.0 Å². The fraction of sp³-hybridized carbons (Fsp3) is 0.474. The van der Waals surface area contributed by atoms with Crippen LogP contribution in [-0.4, -0.2) is 36.9 Å².